The van der Waals surface area contributed by atoms with Gasteiger partial charge >= 0.3 is 0 Å². The Hall–Kier alpha value is -1.00. The van der Waals surface area contributed by atoms with Gasteiger partial charge in [0.25, 0.3) is 0 Å². The molecule has 0 unspecified atom stereocenters. The van der Waals surface area contributed by atoms with Gasteiger partial charge in [0.15, 0.2) is 0 Å². The quantitative estimate of drug-likeness (QED) is 0.824. The van der Waals surface area contributed by atoms with E-state index in [1.807, 2.05) is 12.4 Å². The molecule has 2 N–H and O–H groups in total. The standard InChI is InChI=1S/C13H19N3S/c14-13(17)12-4-9-16(10-5-12)8-3-11-1-6-15-7-2-11/h1-2,6-7,12H,3-5,8-10H2,(H2,14,17). The summed E-state index contributed by atoms with van der Waals surface area (Å²) in [6.45, 7) is 3.36. The van der Waals surface area contributed by atoms with E-state index in [2.05, 4.69) is 22.0 Å². The van der Waals surface area contributed by atoms with Crippen molar-refractivity contribution in [3.8, 4) is 0 Å². The van der Waals surface area contributed by atoms with E-state index < -0.39 is 0 Å². The normalized spacial score (nSPS) is 18.1. The van der Waals surface area contributed by atoms with Crippen molar-refractivity contribution >= 4 is 17.2 Å². The lowest BCUT2D eigenvalue weighted by Crippen LogP contribution is -2.38. The summed E-state index contributed by atoms with van der Waals surface area (Å²) in [5.74, 6) is 0.460. The maximum absolute atomic E-state index is 5.68. The van der Waals surface area contributed by atoms with Crippen LogP contribution >= 0.6 is 12.2 Å². The Labute approximate surface area is 108 Å². The van der Waals surface area contributed by atoms with Gasteiger partial charge in [-0.15, -0.1) is 0 Å². The zero-order valence-corrected chi connectivity index (χ0v) is 10.8. The van der Waals surface area contributed by atoms with Crippen LogP contribution in [0.25, 0.3) is 0 Å². The van der Waals surface area contributed by atoms with Crippen LogP contribution in [0.15, 0.2) is 24.5 Å². The number of nitrogens with zero attached hydrogens (tertiary/aromatic N) is 2. The number of pyridine rings is 1. The maximum atomic E-state index is 5.68. The second-order valence-corrected chi connectivity index (χ2v) is 5.10. The van der Waals surface area contributed by atoms with Crippen LogP contribution in [-0.4, -0.2) is 34.5 Å². The minimum absolute atomic E-state index is 0.460. The third-order valence-corrected chi connectivity index (χ3v) is 3.79. The van der Waals surface area contributed by atoms with Crippen molar-refractivity contribution < 1.29 is 0 Å². The predicted octanol–water partition coefficient (Wildman–Crippen LogP) is 1.62. The molecule has 1 aliphatic heterocycles. The van der Waals surface area contributed by atoms with E-state index in [9.17, 15) is 0 Å². The van der Waals surface area contributed by atoms with Gasteiger partial charge in [0, 0.05) is 24.9 Å². The third-order valence-electron chi connectivity index (χ3n) is 3.46. The molecule has 0 amide bonds. The Bertz CT molecular complexity index is 358. The van der Waals surface area contributed by atoms with Gasteiger partial charge < -0.3 is 10.6 Å². The molecule has 1 aromatic rings. The van der Waals surface area contributed by atoms with E-state index in [1.165, 1.54) is 5.56 Å². The molecule has 2 rings (SSSR count). The maximum Gasteiger partial charge on any atom is 0.0759 e. The molecule has 1 aliphatic rings. The summed E-state index contributed by atoms with van der Waals surface area (Å²) in [5, 5.41) is 0. The van der Waals surface area contributed by atoms with Crippen LogP contribution in [0.3, 0.4) is 0 Å². The zero-order valence-electron chi connectivity index (χ0n) is 10.0. The Kier molecular flexibility index (Phi) is 4.45. The summed E-state index contributed by atoms with van der Waals surface area (Å²) in [6.07, 6.45) is 7.04. The second-order valence-electron chi connectivity index (χ2n) is 4.62. The topological polar surface area (TPSA) is 42.1 Å². The highest BCUT2D eigenvalue weighted by Crippen LogP contribution is 2.17. The number of likely N-dealkylation sites (tertiary alicyclic amines) is 1. The average molecular weight is 249 g/mol. The summed E-state index contributed by atoms with van der Waals surface area (Å²) in [6, 6.07) is 4.17. The lowest BCUT2D eigenvalue weighted by molar-refractivity contribution is 0.212. The molecule has 0 spiro atoms. The number of nitrogens with two attached hydrogens (primary N) is 1. The van der Waals surface area contributed by atoms with Crippen LogP contribution in [0.1, 0.15) is 18.4 Å². The Balaban J connectivity index is 1.74. The fourth-order valence-electron chi connectivity index (χ4n) is 2.28. The molecule has 3 nitrogen and oxygen atoms in total. The van der Waals surface area contributed by atoms with E-state index in [0.717, 1.165) is 38.9 Å². The summed E-state index contributed by atoms with van der Waals surface area (Å²) < 4.78 is 0. The van der Waals surface area contributed by atoms with Gasteiger partial charge in [-0.05, 0) is 50.0 Å². The first kappa shape index (κ1) is 12.5. The average Bonchev–Trinajstić information content (AvgIpc) is 2.38. The molecule has 0 bridgehead atoms. The number of thiocarbonyl (C=S) groups is 1. The van der Waals surface area contributed by atoms with Crippen LogP contribution in [0.5, 0.6) is 0 Å². The second kappa shape index (κ2) is 6.07. The summed E-state index contributed by atoms with van der Waals surface area (Å²) >= 11 is 5.05. The first-order chi connectivity index (χ1) is 8.25. The van der Waals surface area contributed by atoms with Crippen LogP contribution in [-0.2, 0) is 6.42 Å². The van der Waals surface area contributed by atoms with Gasteiger partial charge in [-0.3, -0.25) is 4.98 Å². The van der Waals surface area contributed by atoms with Crippen molar-refractivity contribution in [1.29, 1.82) is 0 Å². The minimum Gasteiger partial charge on any atom is -0.393 e. The van der Waals surface area contributed by atoms with Gasteiger partial charge in [-0.1, -0.05) is 12.2 Å². The smallest absolute Gasteiger partial charge is 0.0759 e. The first-order valence-electron chi connectivity index (χ1n) is 6.16. The first-order valence-corrected chi connectivity index (χ1v) is 6.57. The van der Waals surface area contributed by atoms with Crippen molar-refractivity contribution in [2.75, 3.05) is 19.6 Å². The fraction of sp³-hybridized carbons (Fsp3) is 0.538. The molecule has 1 fully saturated rings. The molecular formula is C13H19N3S. The van der Waals surface area contributed by atoms with E-state index in [1.54, 1.807) is 0 Å². The molecule has 0 atom stereocenters. The molecule has 0 aliphatic carbocycles. The highest BCUT2D eigenvalue weighted by Gasteiger charge is 2.20. The Morgan fingerprint density at radius 2 is 2.00 bits per heavy atom. The van der Waals surface area contributed by atoms with Gasteiger partial charge in [-0.25, -0.2) is 0 Å². The van der Waals surface area contributed by atoms with Crippen molar-refractivity contribution in [2.45, 2.75) is 19.3 Å². The van der Waals surface area contributed by atoms with Crippen molar-refractivity contribution in [2.24, 2.45) is 11.7 Å². The Morgan fingerprint density at radius 1 is 1.35 bits per heavy atom. The number of hydrogen-bond acceptors (Lipinski definition) is 3. The van der Waals surface area contributed by atoms with Crippen molar-refractivity contribution in [3.63, 3.8) is 0 Å². The van der Waals surface area contributed by atoms with Crippen LogP contribution < -0.4 is 5.73 Å². The number of piperidine rings is 1. The van der Waals surface area contributed by atoms with Gasteiger partial charge in [-0.2, -0.15) is 0 Å². The lowest BCUT2D eigenvalue weighted by atomic mass is 9.97. The number of aromatic nitrogens is 1. The molecular weight excluding hydrogens is 230 g/mol. The molecule has 2 heterocycles. The largest absolute Gasteiger partial charge is 0.393 e. The molecule has 1 saturated heterocycles. The van der Waals surface area contributed by atoms with E-state index in [0.29, 0.717) is 10.9 Å². The summed E-state index contributed by atoms with van der Waals surface area (Å²) in [5.41, 5.74) is 7.04. The number of rotatable bonds is 4. The molecule has 92 valence electrons. The van der Waals surface area contributed by atoms with E-state index >= 15 is 0 Å². The third kappa shape index (κ3) is 3.75. The molecule has 0 radical (unpaired) electrons. The van der Waals surface area contributed by atoms with Crippen LogP contribution in [0.2, 0.25) is 0 Å². The fourth-order valence-corrected chi connectivity index (χ4v) is 2.51. The monoisotopic (exact) mass is 249 g/mol. The lowest BCUT2D eigenvalue weighted by Gasteiger charge is -2.31. The Morgan fingerprint density at radius 3 is 2.59 bits per heavy atom. The van der Waals surface area contributed by atoms with Gasteiger partial charge in [0.05, 0.1) is 4.99 Å². The van der Waals surface area contributed by atoms with Crippen molar-refractivity contribution in [1.82, 2.24) is 9.88 Å². The van der Waals surface area contributed by atoms with E-state index in [4.69, 9.17) is 18.0 Å². The van der Waals surface area contributed by atoms with Gasteiger partial charge in [0.2, 0.25) is 0 Å². The zero-order chi connectivity index (χ0) is 12.1. The van der Waals surface area contributed by atoms with E-state index in [-0.39, 0.29) is 0 Å². The minimum atomic E-state index is 0.460. The molecule has 17 heavy (non-hydrogen) atoms. The predicted molar refractivity (Wildman–Crippen MR) is 73.9 cm³/mol. The SMILES string of the molecule is NC(=S)C1CCN(CCc2ccncc2)CC1. The van der Waals surface area contributed by atoms with Crippen molar-refractivity contribution in [3.05, 3.63) is 30.1 Å². The van der Waals surface area contributed by atoms with Crippen LogP contribution in [0, 0.1) is 5.92 Å². The molecule has 0 aromatic carbocycles. The summed E-state index contributed by atoms with van der Waals surface area (Å²) in [7, 11) is 0. The number of hydrogen-bond donors (Lipinski definition) is 1. The highest BCUT2D eigenvalue weighted by molar-refractivity contribution is 7.80. The molecule has 1 aromatic heterocycles. The van der Waals surface area contributed by atoms with Gasteiger partial charge in [0.1, 0.15) is 0 Å². The summed E-state index contributed by atoms with van der Waals surface area (Å²) in [4.78, 5) is 7.22. The van der Waals surface area contributed by atoms with Crippen LogP contribution in [0.4, 0.5) is 0 Å². The molecule has 0 saturated carbocycles. The molecule has 4 heteroatoms. The highest BCUT2D eigenvalue weighted by atomic mass is 32.1.